The van der Waals surface area contributed by atoms with Gasteiger partial charge in [0.1, 0.15) is 5.82 Å². The SMILES string of the molecule is Cc1cc(C(=O)NC(C)c2ccc3c(c2)CCCC3)c2cc(F)ccc2n1. The minimum Gasteiger partial charge on any atom is -0.345 e. The van der Waals surface area contributed by atoms with Gasteiger partial charge in [-0.15, -0.1) is 0 Å². The van der Waals surface area contributed by atoms with Crippen molar-refractivity contribution in [3.63, 3.8) is 0 Å². The van der Waals surface area contributed by atoms with Crippen molar-refractivity contribution in [2.24, 2.45) is 0 Å². The van der Waals surface area contributed by atoms with Crippen LogP contribution in [0, 0.1) is 12.7 Å². The van der Waals surface area contributed by atoms with Gasteiger partial charge in [-0.1, -0.05) is 18.2 Å². The molecule has 4 heteroatoms. The van der Waals surface area contributed by atoms with Gasteiger partial charge in [0, 0.05) is 11.1 Å². The number of fused-ring (bicyclic) bond motifs is 2. The first-order chi connectivity index (χ1) is 13.0. The molecule has 0 aliphatic heterocycles. The number of pyridine rings is 1. The van der Waals surface area contributed by atoms with Crippen LogP contribution in [0.3, 0.4) is 0 Å². The molecule has 1 unspecified atom stereocenters. The number of aryl methyl sites for hydroxylation is 3. The number of benzene rings is 2. The molecule has 3 aromatic rings. The van der Waals surface area contributed by atoms with Gasteiger partial charge >= 0.3 is 0 Å². The lowest BCUT2D eigenvalue weighted by Crippen LogP contribution is -2.27. The Labute approximate surface area is 158 Å². The molecular formula is C23H23FN2O. The van der Waals surface area contributed by atoms with E-state index in [1.807, 2.05) is 13.8 Å². The van der Waals surface area contributed by atoms with Crippen molar-refractivity contribution in [3.05, 3.63) is 76.2 Å². The number of amides is 1. The zero-order chi connectivity index (χ0) is 19.0. The Morgan fingerprint density at radius 3 is 2.67 bits per heavy atom. The van der Waals surface area contributed by atoms with Crippen molar-refractivity contribution in [2.45, 2.75) is 45.6 Å². The third-order valence-corrected chi connectivity index (χ3v) is 5.36. The van der Waals surface area contributed by atoms with Gasteiger partial charge in [0.2, 0.25) is 0 Å². The van der Waals surface area contributed by atoms with Crippen LogP contribution in [0.5, 0.6) is 0 Å². The maximum absolute atomic E-state index is 13.7. The lowest BCUT2D eigenvalue weighted by atomic mass is 9.89. The highest BCUT2D eigenvalue weighted by atomic mass is 19.1. The Hall–Kier alpha value is -2.75. The molecule has 1 aliphatic rings. The van der Waals surface area contributed by atoms with E-state index < -0.39 is 0 Å². The van der Waals surface area contributed by atoms with E-state index in [0.29, 0.717) is 16.5 Å². The normalized spacial score (nSPS) is 14.6. The molecule has 3 nitrogen and oxygen atoms in total. The minimum absolute atomic E-state index is 0.123. The maximum Gasteiger partial charge on any atom is 0.252 e. The van der Waals surface area contributed by atoms with E-state index in [4.69, 9.17) is 0 Å². The minimum atomic E-state index is -0.370. The molecule has 4 rings (SSSR count). The topological polar surface area (TPSA) is 42.0 Å². The van der Waals surface area contributed by atoms with Gasteiger partial charge in [0.05, 0.1) is 17.1 Å². The van der Waals surface area contributed by atoms with Gasteiger partial charge in [0.15, 0.2) is 0 Å². The predicted molar refractivity (Wildman–Crippen MR) is 105 cm³/mol. The quantitative estimate of drug-likeness (QED) is 0.708. The van der Waals surface area contributed by atoms with Crippen molar-refractivity contribution in [3.8, 4) is 0 Å². The second-order valence-corrected chi connectivity index (χ2v) is 7.40. The van der Waals surface area contributed by atoms with Crippen LogP contribution in [0.15, 0.2) is 42.5 Å². The van der Waals surface area contributed by atoms with Crippen LogP contribution in [0.4, 0.5) is 4.39 Å². The summed E-state index contributed by atoms with van der Waals surface area (Å²) in [5, 5.41) is 3.61. The highest BCUT2D eigenvalue weighted by Gasteiger charge is 2.17. The summed E-state index contributed by atoms with van der Waals surface area (Å²) >= 11 is 0. The summed E-state index contributed by atoms with van der Waals surface area (Å²) in [6, 6.07) is 12.5. The number of nitrogens with zero attached hydrogens (tertiary/aromatic N) is 1. The second-order valence-electron chi connectivity index (χ2n) is 7.40. The average molecular weight is 362 g/mol. The number of nitrogens with one attached hydrogen (secondary N) is 1. The van der Waals surface area contributed by atoms with E-state index in [1.54, 1.807) is 12.1 Å². The van der Waals surface area contributed by atoms with Crippen molar-refractivity contribution < 1.29 is 9.18 Å². The van der Waals surface area contributed by atoms with Gasteiger partial charge in [-0.25, -0.2) is 4.39 Å². The van der Waals surface area contributed by atoms with Crippen LogP contribution in [0.25, 0.3) is 10.9 Å². The fourth-order valence-electron chi connectivity index (χ4n) is 3.90. The molecule has 0 saturated heterocycles. The maximum atomic E-state index is 13.7. The fraction of sp³-hybridized carbons (Fsp3) is 0.304. The summed E-state index contributed by atoms with van der Waals surface area (Å²) in [5.41, 5.74) is 5.75. The van der Waals surface area contributed by atoms with Crippen molar-refractivity contribution >= 4 is 16.8 Å². The largest absolute Gasteiger partial charge is 0.345 e. The lowest BCUT2D eigenvalue weighted by Gasteiger charge is -2.20. The van der Waals surface area contributed by atoms with Gasteiger partial charge in [-0.3, -0.25) is 9.78 Å². The van der Waals surface area contributed by atoms with Crippen molar-refractivity contribution in [1.82, 2.24) is 10.3 Å². The molecule has 1 atom stereocenters. The molecule has 0 bridgehead atoms. The van der Waals surface area contributed by atoms with Gasteiger partial charge in [0.25, 0.3) is 5.91 Å². The highest BCUT2D eigenvalue weighted by molar-refractivity contribution is 6.06. The number of rotatable bonds is 3. The number of carbonyl (C=O) groups is 1. The van der Waals surface area contributed by atoms with Crippen LogP contribution in [0.2, 0.25) is 0 Å². The molecule has 1 amide bonds. The van der Waals surface area contributed by atoms with Crippen LogP contribution in [0.1, 0.15) is 58.5 Å². The number of hydrogen-bond acceptors (Lipinski definition) is 2. The van der Waals surface area contributed by atoms with Crippen LogP contribution < -0.4 is 5.32 Å². The summed E-state index contributed by atoms with van der Waals surface area (Å²) in [5.74, 6) is -0.578. The third-order valence-electron chi connectivity index (χ3n) is 5.36. The molecule has 2 aromatic carbocycles. The summed E-state index contributed by atoms with van der Waals surface area (Å²) in [7, 11) is 0. The fourth-order valence-corrected chi connectivity index (χ4v) is 3.90. The highest BCUT2D eigenvalue weighted by Crippen LogP contribution is 2.26. The first-order valence-electron chi connectivity index (χ1n) is 9.51. The lowest BCUT2D eigenvalue weighted by molar-refractivity contribution is 0.0941. The van der Waals surface area contributed by atoms with E-state index in [0.717, 1.165) is 24.1 Å². The number of aromatic nitrogens is 1. The smallest absolute Gasteiger partial charge is 0.252 e. The van der Waals surface area contributed by atoms with E-state index in [2.05, 4.69) is 28.5 Å². The first kappa shape index (κ1) is 17.7. The molecule has 0 fully saturated rings. The monoisotopic (exact) mass is 362 g/mol. The molecule has 1 aromatic heterocycles. The predicted octanol–water partition coefficient (Wildman–Crippen LogP) is 5.05. The molecule has 1 aliphatic carbocycles. The Kier molecular flexibility index (Phi) is 4.65. The third kappa shape index (κ3) is 3.57. The standard InChI is InChI=1S/C23H23FN2O/c1-14-11-21(20-13-19(24)9-10-22(20)25-14)23(27)26-15(2)17-8-7-16-5-3-4-6-18(16)12-17/h7-13,15H,3-6H2,1-2H3,(H,26,27). The molecule has 27 heavy (non-hydrogen) atoms. The number of hydrogen-bond donors (Lipinski definition) is 1. The molecule has 1 N–H and O–H groups in total. The molecule has 138 valence electrons. The van der Waals surface area contributed by atoms with Crippen LogP contribution in [-0.2, 0) is 12.8 Å². The van der Waals surface area contributed by atoms with Gasteiger partial charge < -0.3 is 5.32 Å². The Bertz CT molecular complexity index is 1030. The second kappa shape index (κ2) is 7.10. The van der Waals surface area contributed by atoms with Crippen LogP contribution in [-0.4, -0.2) is 10.9 Å². The molecule has 0 radical (unpaired) electrons. The van der Waals surface area contributed by atoms with Crippen molar-refractivity contribution in [2.75, 3.05) is 0 Å². The summed E-state index contributed by atoms with van der Waals surface area (Å²) in [4.78, 5) is 17.3. The van der Waals surface area contributed by atoms with Gasteiger partial charge in [-0.2, -0.15) is 0 Å². The van der Waals surface area contributed by atoms with Gasteiger partial charge in [-0.05, 0) is 80.5 Å². The van der Waals surface area contributed by atoms with Crippen LogP contribution >= 0.6 is 0 Å². The molecule has 0 spiro atoms. The molecule has 1 heterocycles. The zero-order valence-corrected chi connectivity index (χ0v) is 15.7. The van der Waals surface area contributed by atoms with E-state index in [1.165, 1.54) is 36.1 Å². The van der Waals surface area contributed by atoms with E-state index in [-0.39, 0.29) is 17.8 Å². The first-order valence-corrected chi connectivity index (χ1v) is 9.51. The number of carbonyl (C=O) groups excluding carboxylic acids is 1. The Balaban J connectivity index is 1.62. The van der Waals surface area contributed by atoms with Crippen molar-refractivity contribution in [1.29, 1.82) is 0 Å². The molecule has 0 saturated carbocycles. The van der Waals surface area contributed by atoms with E-state index in [9.17, 15) is 9.18 Å². The zero-order valence-electron chi connectivity index (χ0n) is 15.7. The van der Waals surface area contributed by atoms with E-state index >= 15 is 0 Å². The molecular weight excluding hydrogens is 339 g/mol. The number of halogens is 1. The average Bonchev–Trinajstić information content (AvgIpc) is 2.67. The summed E-state index contributed by atoms with van der Waals surface area (Å²) in [6.45, 7) is 3.83. The summed E-state index contributed by atoms with van der Waals surface area (Å²) < 4.78 is 13.7. The summed E-state index contributed by atoms with van der Waals surface area (Å²) in [6.07, 6.45) is 4.73. The Morgan fingerprint density at radius 2 is 1.85 bits per heavy atom. The Morgan fingerprint density at radius 1 is 1.07 bits per heavy atom.